The number of aromatic hydroxyl groups is 1. The fourth-order valence-corrected chi connectivity index (χ4v) is 3.66. The lowest BCUT2D eigenvalue weighted by Gasteiger charge is -2.35. The number of hydrogen-bond acceptors (Lipinski definition) is 4. The molecule has 0 radical (unpaired) electrons. The maximum absolute atomic E-state index is 9.42. The summed E-state index contributed by atoms with van der Waals surface area (Å²) in [6.45, 7) is 3.64. The van der Waals surface area contributed by atoms with Gasteiger partial charge >= 0.3 is 0 Å². The van der Waals surface area contributed by atoms with Crippen molar-refractivity contribution in [2.45, 2.75) is 51.2 Å². The summed E-state index contributed by atoms with van der Waals surface area (Å²) < 4.78 is 7.40. The Morgan fingerprint density at radius 1 is 1.24 bits per heavy atom. The van der Waals surface area contributed by atoms with Gasteiger partial charge in [0.15, 0.2) is 0 Å². The first-order chi connectivity index (χ1) is 12.3. The smallest absolute Gasteiger partial charge is 0.122 e. The number of ether oxygens (including phenoxy) is 1. The fraction of sp³-hybridized carbons (Fsp3) is 0.550. The predicted octanol–water partition coefficient (Wildman–Crippen LogP) is 3.22. The van der Waals surface area contributed by atoms with E-state index in [9.17, 15) is 5.11 Å². The summed E-state index contributed by atoms with van der Waals surface area (Å²) in [6.07, 6.45) is 9.99. The summed E-state index contributed by atoms with van der Waals surface area (Å²) in [6, 6.07) is 8.22. The number of rotatable bonds is 8. The van der Waals surface area contributed by atoms with E-state index in [1.54, 1.807) is 19.2 Å². The Hall–Kier alpha value is -1.85. The zero-order valence-electron chi connectivity index (χ0n) is 15.1. The van der Waals surface area contributed by atoms with Gasteiger partial charge in [-0.25, -0.2) is 4.98 Å². The predicted molar refractivity (Wildman–Crippen MR) is 98.6 cm³/mol. The molecule has 25 heavy (non-hydrogen) atoms. The highest BCUT2D eigenvalue weighted by Gasteiger charge is 2.23. The SMILES string of the molecule is COCCn1ccnc1CN1CCCC[C@@H]1CCc1ccc(O)cc1. The minimum absolute atomic E-state index is 0.339. The second-order valence-corrected chi connectivity index (χ2v) is 6.85. The molecular weight excluding hydrogens is 314 g/mol. The molecule has 0 spiro atoms. The molecule has 1 fully saturated rings. The van der Waals surface area contributed by atoms with Gasteiger partial charge in [-0.2, -0.15) is 0 Å². The first-order valence-corrected chi connectivity index (χ1v) is 9.27. The average Bonchev–Trinajstić information content (AvgIpc) is 3.07. The Labute approximate surface area is 150 Å². The molecule has 1 N–H and O–H groups in total. The van der Waals surface area contributed by atoms with Crippen molar-refractivity contribution < 1.29 is 9.84 Å². The summed E-state index contributed by atoms with van der Waals surface area (Å²) in [4.78, 5) is 7.16. The number of hydrogen-bond donors (Lipinski definition) is 1. The first-order valence-electron chi connectivity index (χ1n) is 9.27. The summed E-state index contributed by atoms with van der Waals surface area (Å²) in [5, 5.41) is 9.42. The van der Waals surface area contributed by atoms with Crippen molar-refractivity contribution >= 4 is 0 Å². The van der Waals surface area contributed by atoms with Crippen molar-refractivity contribution in [1.29, 1.82) is 0 Å². The molecule has 1 aromatic heterocycles. The molecular formula is C20H29N3O2. The molecule has 0 unspecified atom stereocenters. The van der Waals surface area contributed by atoms with Crippen molar-refractivity contribution in [3.63, 3.8) is 0 Å². The molecule has 0 saturated carbocycles. The zero-order valence-corrected chi connectivity index (χ0v) is 15.1. The van der Waals surface area contributed by atoms with E-state index < -0.39 is 0 Å². The number of benzene rings is 1. The van der Waals surface area contributed by atoms with Crippen molar-refractivity contribution in [2.75, 3.05) is 20.3 Å². The van der Waals surface area contributed by atoms with E-state index in [-0.39, 0.29) is 0 Å². The van der Waals surface area contributed by atoms with Crippen LogP contribution in [0.3, 0.4) is 0 Å². The number of nitrogens with zero attached hydrogens (tertiary/aromatic N) is 3. The summed E-state index contributed by atoms with van der Waals surface area (Å²) >= 11 is 0. The molecule has 0 amide bonds. The lowest BCUT2D eigenvalue weighted by atomic mass is 9.96. The van der Waals surface area contributed by atoms with Crippen molar-refractivity contribution in [3.8, 4) is 5.75 Å². The van der Waals surface area contributed by atoms with Gasteiger partial charge in [-0.1, -0.05) is 18.6 Å². The Bertz CT molecular complexity index is 639. The van der Waals surface area contributed by atoms with Gasteiger partial charge in [0.1, 0.15) is 11.6 Å². The van der Waals surface area contributed by atoms with E-state index in [1.165, 1.54) is 24.8 Å². The van der Waals surface area contributed by atoms with E-state index in [2.05, 4.69) is 14.5 Å². The largest absolute Gasteiger partial charge is 0.508 e. The van der Waals surface area contributed by atoms with E-state index in [0.29, 0.717) is 18.4 Å². The minimum Gasteiger partial charge on any atom is -0.508 e. The van der Waals surface area contributed by atoms with Crippen molar-refractivity contribution in [1.82, 2.24) is 14.5 Å². The third-order valence-corrected chi connectivity index (χ3v) is 5.13. The third kappa shape index (κ3) is 5.06. The van der Waals surface area contributed by atoms with Crippen molar-refractivity contribution in [2.24, 2.45) is 0 Å². The normalized spacial score (nSPS) is 18.5. The zero-order chi connectivity index (χ0) is 17.5. The van der Waals surface area contributed by atoms with Crippen LogP contribution >= 0.6 is 0 Å². The Kier molecular flexibility index (Phi) is 6.48. The van der Waals surface area contributed by atoms with Gasteiger partial charge in [0.2, 0.25) is 0 Å². The number of phenolic OH excluding ortho intramolecular Hbond substituents is 1. The molecule has 1 aliphatic heterocycles. The molecule has 1 atom stereocenters. The van der Waals surface area contributed by atoms with Crippen LogP contribution in [0.2, 0.25) is 0 Å². The Morgan fingerprint density at radius 2 is 2.08 bits per heavy atom. The topological polar surface area (TPSA) is 50.5 Å². The monoisotopic (exact) mass is 343 g/mol. The van der Waals surface area contributed by atoms with Crippen LogP contribution in [-0.4, -0.2) is 45.9 Å². The second kappa shape index (κ2) is 9.02. The van der Waals surface area contributed by atoms with Gasteiger partial charge in [0.05, 0.1) is 13.2 Å². The number of imidazole rings is 1. The van der Waals surface area contributed by atoms with E-state index in [4.69, 9.17) is 4.74 Å². The average molecular weight is 343 g/mol. The van der Waals surface area contributed by atoms with Gasteiger partial charge < -0.3 is 14.4 Å². The van der Waals surface area contributed by atoms with Crippen LogP contribution in [0.1, 0.15) is 37.1 Å². The standard InChI is InChI=1S/C20H29N3O2/c1-25-15-14-22-13-11-21-20(22)16-23-12-3-2-4-18(23)8-5-17-6-9-19(24)10-7-17/h6-7,9-11,13,18,24H,2-5,8,12,14-16H2,1H3/t18-/m1/s1. The van der Waals surface area contributed by atoms with Crippen LogP contribution in [0.25, 0.3) is 0 Å². The molecule has 136 valence electrons. The first kappa shape index (κ1) is 18.0. The van der Waals surface area contributed by atoms with E-state index >= 15 is 0 Å². The van der Waals surface area contributed by atoms with Crippen LogP contribution in [0.4, 0.5) is 0 Å². The Morgan fingerprint density at radius 3 is 2.88 bits per heavy atom. The highest BCUT2D eigenvalue weighted by Crippen LogP contribution is 2.23. The van der Waals surface area contributed by atoms with Gasteiger partial charge in [0.25, 0.3) is 0 Å². The van der Waals surface area contributed by atoms with Crippen LogP contribution in [0.15, 0.2) is 36.7 Å². The van der Waals surface area contributed by atoms with Gasteiger partial charge in [-0.3, -0.25) is 4.90 Å². The van der Waals surface area contributed by atoms with Crippen LogP contribution in [0, 0.1) is 0 Å². The van der Waals surface area contributed by atoms with E-state index in [0.717, 1.165) is 38.3 Å². The summed E-state index contributed by atoms with van der Waals surface area (Å²) in [5.41, 5.74) is 1.30. The molecule has 0 aliphatic carbocycles. The number of piperidine rings is 1. The molecule has 5 heteroatoms. The lowest BCUT2D eigenvalue weighted by molar-refractivity contribution is 0.125. The number of aryl methyl sites for hydroxylation is 1. The number of likely N-dealkylation sites (tertiary alicyclic amines) is 1. The second-order valence-electron chi connectivity index (χ2n) is 6.85. The van der Waals surface area contributed by atoms with E-state index in [1.807, 2.05) is 24.5 Å². The minimum atomic E-state index is 0.339. The summed E-state index contributed by atoms with van der Waals surface area (Å²) in [5.74, 6) is 1.47. The third-order valence-electron chi connectivity index (χ3n) is 5.13. The quantitative estimate of drug-likeness (QED) is 0.799. The highest BCUT2D eigenvalue weighted by atomic mass is 16.5. The number of methoxy groups -OCH3 is 1. The summed E-state index contributed by atoms with van der Waals surface area (Å²) in [7, 11) is 1.74. The van der Waals surface area contributed by atoms with Gasteiger partial charge in [0, 0.05) is 32.1 Å². The molecule has 2 aromatic rings. The lowest BCUT2D eigenvalue weighted by Crippen LogP contribution is -2.40. The molecule has 1 aromatic carbocycles. The van der Waals surface area contributed by atoms with Crippen LogP contribution in [0.5, 0.6) is 5.75 Å². The van der Waals surface area contributed by atoms with Crippen LogP contribution < -0.4 is 0 Å². The molecule has 5 nitrogen and oxygen atoms in total. The van der Waals surface area contributed by atoms with Gasteiger partial charge in [-0.05, 0) is 49.9 Å². The Balaban J connectivity index is 1.59. The maximum atomic E-state index is 9.42. The molecule has 1 aliphatic rings. The van der Waals surface area contributed by atoms with Crippen LogP contribution in [-0.2, 0) is 24.2 Å². The number of aromatic nitrogens is 2. The number of phenols is 1. The maximum Gasteiger partial charge on any atom is 0.122 e. The fourth-order valence-electron chi connectivity index (χ4n) is 3.66. The van der Waals surface area contributed by atoms with Crippen molar-refractivity contribution in [3.05, 3.63) is 48.0 Å². The van der Waals surface area contributed by atoms with Gasteiger partial charge in [-0.15, -0.1) is 0 Å². The highest BCUT2D eigenvalue weighted by molar-refractivity contribution is 5.25. The molecule has 3 rings (SSSR count). The molecule has 2 heterocycles. The molecule has 1 saturated heterocycles. The molecule has 0 bridgehead atoms.